The molecule has 0 radical (unpaired) electrons. The number of rotatable bonds is 4. The predicted molar refractivity (Wildman–Crippen MR) is 118 cm³/mol. The van der Waals surface area contributed by atoms with Crippen molar-refractivity contribution < 1.29 is 13.5 Å². The first-order valence-corrected chi connectivity index (χ1v) is 10.8. The number of ether oxygens (including phenoxy) is 1. The Balaban J connectivity index is 1.48. The second kappa shape index (κ2) is 6.87. The summed E-state index contributed by atoms with van der Waals surface area (Å²) in [5, 5.41) is 3.09. The quantitative estimate of drug-likeness (QED) is 0.503. The Morgan fingerprint density at radius 3 is 2.72 bits per heavy atom. The molecule has 1 aromatic heterocycles. The van der Waals surface area contributed by atoms with Crippen LogP contribution in [-0.4, -0.2) is 36.1 Å². The minimum Gasteiger partial charge on any atom is -0.424 e. The maximum absolute atomic E-state index is 14.4. The summed E-state index contributed by atoms with van der Waals surface area (Å²) < 4.78 is 34.0. The van der Waals surface area contributed by atoms with E-state index in [0.29, 0.717) is 24.5 Å². The van der Waals surface area contributed by atoms with Gasteiger partial charge in [0.1, 0.15) is 23.2 Å². The lowest BCUT2D eigenvalue weighted by Gasteiger charge is -2.21. The van der Waals surface area contributed by atoms with Gasteiger partial charge >= 0.3 is 6.01 Å². The van der Waals surface area contributed by atoms with Gasteiger partial charge in [-0.15, -0.1) is 0 Å². The van der Waals surface area contributed by atoms with Gasteiger partial charge in [0, 0.05) is 55.3 Å². The largest absolute Gasteiger partial charge is 0.424 e. The number of nitrogens with two attached hydrogens (primary N) is 1. The molecule has 2 heterocycles. The lowest BCUT2D eigenvalue weighted by Crippen LogP contribution is -2.30. The molecule has 8 heteroatoms. The van der Waals surface area contributed by atoms with E-state index in [0.717, 1.165) is 47.5 Å². The van der Waals surface area contributed by atoms with Crippen LogP contribution in [0.15, 0.2) is 36.4 Å². The van der Waals surface area contributed by atoms with E-state index in [9.17, 15) is 8.78 Å². The van der Waals surface area contributed by atoms with Gasteiger partial charge in [-0.05, 0) is 48.2 Å². The van der Waals surface area contributed by atoms with E-state index in [1.165, 1.54) is 18.2 Å². The van der Waals surface area contributed by atoms with Gasteiger partial charge in [-0.25, -0.2) is 8.78 Å². The molecule has 1 aliphatic heterocycles. The van der Waals surface area contributed by atoms with Crippen molar-refractivity contribution >= 4 is 11.5 Å². The van der Waals surface area contributed by atoms with Crippen LogP contribution < -0.4 is 20.7 Å². The van der Waals surface area contributed by atoms with Gasteiger partial charge in [-0.1, -0.05) is 6.07 Å². The summed E-state index contributed by atoms with van der Waals surface area (Å²) in [7, 11) is 1.78. The number of nitrogens with one attached hydrogen (secondary N) is 1. The van der Waals surface area contributed by atoms with E-state index in [1.807, 2.05) is 0 Å². The number of hydrogen-bond acceptors (Lipinski definition) is 6. The van der Waals surface area contributed by atoms with Gasteiger partial charge in [-0.2, -0.15) is 9.97 Å². The van der Waals surface area contributed by atoms with Crippen molar-refractivity contribution in [3.05, 3.63) is 59.3 Å². The highest BCUT2D eigenvalue weighted by Gasteiger charge is 2.54. The summed E-state index contributed by atoms with van der Waals surface area (Å²) in [6.07, 6.45) is 2.75. The normalized spacial score (nSPS) is 19.8. The first-order valence-electron chi connectivity index (χ1n) is 10.8. The molecule has 3 N–H and O–H groups in total. The lowest BCUT2D eigenvalue weighted by atomic mass is 10.0. The molecule has 0 amide bonds. The first-order chi connectivity index (χ1) is 15.5. The van der Waals surface area contributed by atoms with Crippen LogP contribution in [0.25, 0.3) is 11.1 Å². The molecule has 2 aromatic carbocycles. The summed E-state index contributed by atoms with van der Waals surface area (Å²) in [4.78, 5) is 11.5. The van der Waals surface area contributed by atoms with Crippen LogP contribution in [0.2, 0.25) is 0 Å². The van der Waals surface area contributed by atoms with Gasteiger partial charge in [-0.3, -0.25) is 0 Å². The molecular formula is C24H23F2N5O. The summed E-state index contributed by atoms with van der Waals surface area (Å²) in [5.74, 6) is 0.313. The molecule has 2 fully saturated rings. The van der Waals surface area contributed by atoms with E-state index < -0.39 is 5.82 Å². The van der Waals surface area contributed by atoms with Crippen molar-refractivity contribution in [2.45, 2.75) is 25.3 Å². The summed E-state index contributed by atoms with van der Waals surface area (Å²) in [6, 6.07) is 9.14. The van der Waals surface area contributed by atoms with Gasteiger partial charge < -0.3 is 20.7 Å². The molecule has 6 nitrogen and oxygen atoms in total. The van der Waals surface area contributed by atoms with E-state index in [1.54, 1.807) is 25.2 Å². The SMILES string of the molecule is CNc1cc(F)cc2c1Cc1nc(Oc3cccc(F)c3)nc(N3CC(N)C4(CC4)C3)c1-2. The van der Waals surface area contributed by atoms with Gasteiger partial charge in [0.2, 0.25) is 0 Å². The Morgan fingerprint density at radius 2 is 2.00 bits per heavy atom. The monoisotopic (exact) mass is 435 g/mol. The Kier molecular flexibility index (Phi) is 4.17. The smallest absolute Gasteiger partial charge is 0.324 e. The molecule has 1 saturated heterocycles. The molecule has 1 spiro atoms. The maximum Gasteiger partial charge on any atom is 0.324 e. The fourth-order valence-electron chi connectivity index (χ4n) is 5.07. The Morgan fingerprint density at radius 1 is 1.16 bits per heavy atom. The maximum atomic E-state index is 14.4. The van der Waals surface area contributed by atoms with Crippen molar-refractivity contribution in [3.8, 4) is 22.9 Å². The van der Waals surface area contributed by atoms with Crippen molar-refractivity contribution in [3.63, 3.8) is 0 Å². The van der Waals surface area contributed by atoms with E-state index in [-0.39, 0.29) is 23.3 Å². The molecule has 3 aliphatic rings. The van der Waals surface area contributed by atoms with Crippen molar-refractivity contribution in [2.75, 3.05) is 30.4 Å². The summed E-state index contributed by atoms with van der Waals surface area (Å²) >= 11 is 0. The Labute approximate surface area is 184 Å². The standard InChI is InChI=1S/C24H23F2N5O/c1-28-18-9-14(26)8-17-16(18)10-19-21(17)22(31-11-20(27)24(12-31)5-6-24)30-23(29-19)32-15-4-2-3-13(25)7-15/h2-4,7-9,20,28H,5-6,10-12,27H2,1H3. The third-order valence-corrected chi connectivity index (χ3v) is 6.95. The van der Waals surface area contributed by atoms with Crippen LogP contribution in [0, 0.1) is 17.0 Å². The van der Waals surface area contributed by atoms with E-state index >= 15 is 0 Å². The fourth-order valence-corrected chi connectivity index (χ4v) is 5.07. The first kappa shape index (κ1) is 19.4. The predicted octanol–water partition coefficient (Wildman–Crippen LogP) is 4.09. The Hall–Kier alpha value is -3.26. The van der Waals surface area contributed by atoms with Crippen molar-refractivity contribution in [2.24, 2.45) is 11.1 Å². The van der Waals surface area contributed by atoms with E-state index in [2.05, 4.69) is 15.2 Å². The highest BCUT2D eigenvalue weighted by Crippen LogP contribution is 2.54. The molecule has 0 bridgehead atoms. The Bertz CT molecular complexity index is 1240. The zero-order valence-corrected chi connectivity index (χ0v) is 17.7. The number of aromatic nitrogens is 2. The van der Waals surface area contributed by atoms with Crippen LogP contribution in [0.4, 0.5) is 20.3 Å². The summed E-state index contributed by atoms with van der Waals surface area (Å²) in [6.45, 7) is 1.48. The zero-order chi connectivity index (χ0) is 22.0. The molecule has 3 aromatic rings. The van der Waals surface area contributed by atoms with Crippen LogP contribution in [-0.2, 0) is 6.42 Å². The molecule has 2 aliphatic carbocycles. The second-order valence-electron chi connectivity index (χ2n) is 8.97. The summed E-state index contributed by atoms with van der Waals surface area (Å²) in [5.41, 5.74) is 10.7. The molecular weight excluding hydrogens is 412 g/mol. The number of anilines is 2. The minimum absolute atomic E-state index is 0.0713. The van der Waals surface area contributed by atoms with E-state index in [4.69, 9.17) is 15.5 Å². The number of benzene rings is 2. The average Bonchev–Trinajstić information content (AvgIpc) is 3.35. The number of fused-ring (bicyclic) bond motifs is 3. The van der Waals surface area contributed by atoms with Crippen LogP contribution in [0.1, 0.15) is 24.1 Å². The van der Waals surface area contributed by atoms with Crippen LogP contribution in [0.5, 0.6) is 11.8 Å². The molecule has 1 saturated carbocycles. The van der Waals surface area contributed by atoms with Crippen LogP contribution in [0.3, 0.4) is 0 Å². The lowest BCUT2D eigenvalue weighted by molar-refractivity contribution is 0.436. The molecule has 1 unspecified atom stereocenters. The van der Waals surface area contributed by atoms with Gasteiger partial charge in [0.25, 0.3) is 0 Å². The topological polar surface area (TPSA) is 76.3 Å². The third-order valence-electron chi connectivity index (χ3n) is 6.95. The second-order valence-corrected chi connectivity index (χ2v) is 8.97. The molecule has 1 atom stereocenters. The fraction of sp³-hybridized carbons (Fsp3) is 0.333. The number of hydrogen-bond donors (Lipinski definition) is 2. The van der Waals surface area contributed by atoms with Crippen molar-refractivity contribution in [1.82, 2.24) is 9.97 Å². The highest BCUT2D eigenvalue weighted by molar-refractivity contribution is 5.88. The van der Waals surface area contributed by atoms with Gasteiger partial charge in [0.05, 0.1) is 5.69 Å². The zero-order valence-electron chi connectivity index (χ0n) is 17.7. The molecule has 164 valence electrons. The molecule has 6 rings (SSSR count). The number of nitrogens with zero attached hydrogens (tertiary/aromatic N) is 3. The minimum atomic E-state index is -0.397. The third kappa shape index (κ3) is 3.01. The van der Waals surface area contributed by atoms with Crippen LogP contribution >= 0.6 is 0 Å². The van der Waals surface area contributed by atoms with Crippen molar-refractivity contribution in [1.29, 1.82) is 0 Å². The number of halogens is 2. The van der Waals surface area contributed by atoms with Gasteiger partial charge in [0.15, 0.2) is 0 Å². The molecule has 32 heavy (non-hydrogen) atoms. The average molecular weight is 435 g/mol. The highest BCUT2D eigenvalue weighted by atomic mass is 19.1.